The number of nitrogens with zero attached hydrogens (tertiary/aromatic N) is 1. The van der Waals surface area contributed by atoms with E-state index in [0.717, 1.165) is 32.5 Å². The van der Waals surface area contributed by atoms with E-state index in [4.69, 9.17) is 0 Å². The number of carbonyl (C=O) groups excluding carboxylic acids is 1. The van der Waals surface area contributed by atoms with Gasteiger partial charge in [-0.05, 0) is 69.5 Å². The summed E-state index contributed by atoms with van der Waals surface area (Å²) in [6, 6.07) is 9.23. The van der Waals surface area contributed by atoms with Crippen LogP contribution in [0.5, 0.6) is 0 Å². The van der Waals surface area contributed by atoms with Gasteiger partial charge in [-0.15, -0.1) is 12.4 Å². The van der Waals surface area contributed by atoms with E-state index in [0.29, 0.717) is 23.3 Å². The van der Waals surface area contributed by atoms with E-state index in [1.807, 2.05) is 0 Å². The first-order chi connectivity index (χ1) is 11.2. The van der Waals surface area contributed by atoms with Crippen LogP contribution in [-0.2, 0) is 11.2 Å². The fourth-order valence-electron chi connectivity index (χ4n) is 4.71. The van der Waals surface area contributed by atoms with Crippen molar-refractivity contribution in [2.45, 2.75) is 51.5 Å². The number of carbonyl (C=O) groups is 1. The highest BCUT2D eigenvalue weighted by Gasteiger charge is 2.59. The van der Waals surface area contributed by atoms with Gasteiger partial charge in [0.2, 0.25) is 5.91 Å². The first kappa shape index (κ1) is 17.8. The monoisotopic (exact) mass is 348 g/mol. The Morgan fingerprint density at radius 3 is 2.67 bits per heavy atom. The molecule has 1 aliphatic carbocycles. The van der Waals surface area contributed by atoms with Crippen molar-refractivity contribution in [3.63, 3.8) is 0 Å². The molecule has 4 rings (SSSR count). The zero-order chi connectivity index (χ0) is 15.9. The second kappa shape index (κ2) is 7.05. The molecular weight excluding hydrogens is 320 g/mol. The fraction of sp³-hybridized carbons (Fsp3) is 0.650. The molecule has 1 spiro atoms. The summed E-state index contributed by atoms with van der Waals surface area (Å²) in [6.07, 6.45) is 6.89. The Balaban J connectivity index is 0.00000169. The molecule has 1 saturated carbocycles. The van der Waals surface area contributed by atoms with E-state index in [1.54, 1.807) is 0 Å². The molecule has 1 aromatic rings. The minimum Gasteiger partial charge on any atom is -0.339 e. The van der Waals surface area contributed by atoms with Crippen molar-refractivity contribution in [3.05, 3.63) is 35.4 Å². The number of likely N-dealkylation sites (tertiary alicyclic amines) is 1. The van der Waals surface area contributed by atoms with Gasteiger partial charge in [0, 0.05) is 18.5 Å². The average Bonchev–Trinajstić information content (AvgIpc) is 3.04. The number of amides is 1. The predicted octanol–water partition coefficient (Wildman–Crippen LogP) is 3.34. The molecule has 0 aromatic heterocycles. The number of aryl methyl sites for hydroxylation is 1. The van der Waals surface area contributed by atoms with E-state index in [1.165, 1.54) is 36.8 Å². The first-order valence-corrected chi connectivity index (χ1v) is 9.25. The van der Waals surface area contributed by atoms with Crippen LogP contribution in [0.2, 0.25) is 0 Å². The number of nitrogens with one attached hydrogen (secondary N) is 1. The third-order valence-electron chi connectivity index (χ3n) is 6.34. The highest BCUT2D eigenvalue weighted by Crippen LogP contribution is 2.59. The minimum absolute atomic E-state index is 0. The highest BCUT2D eigenvalue weighted by molar-refractivity contribution is 5.85. The maximum Gasteiger partial charge on any atom is 0.226 e. The second-order valence-electron chi connectivity index (χ2n) is 7.89. The third kappa shape index (κ3) is 3.34. The summed E-state index contributed by atoms with van der Waals surface area (Å²) < 4.78 is 0. The van der Waals surface area contributed by atoms with E-state index in [9.17, 15) is 4.79 Å². The average molecular weight is 349 g/mol. The maximum atomic E-state index is 13.0. The fourth-order valence-corrected chi connectivity index (χ4v) is 4.71. The summed E-state index contributed by atoms with van der Waals surface area (Å²) in [5.41, 5.74) is 3.03. The van der Waals surface area contributed by atoms with Crippen LogP contribution in [-0.4, -0.2) is 36.5 Å². The summed E-state index contributed by atoms with van der Waals surface area (Å²) >= 11 is 0. The van der Waals surface area contributed by atoms with Crippen molar-refractivity contribution in [1.29, 1.82) is 0 Å². The SMILES string of the molecule is Cc1ccc(CC2CCCN2C(=O)C2CC23CCNCC3)cc1.Cl. The van der Waals surface area contributed by atoms with Crippen LogP contribution in [0.1, 0.15) is 43.2 Å². The van der Waals surface area contributed by atoms with E-state index >= 15 is 0 Å². The molecule has 2 atom stereocenters. The molecule has 1 amide bonds. The molecule has 4 heteroatoms. The van der Waals surface area contributed by atoms with Crippen LogP contribution < -0.4 is 5.32 Å². The molecule has 2 saturated heterocycles. The summed E-state index contributed by atoms with van der Waals surface area (Å²) in [7, 11) is 0. The van der Waals surface area contributed by atoms with Crippen molar-refractivity contribution in [1.82, 2.24) is 10.2 Å². The Kier molecular flexibility index (Phi) is 5.22. The molecule has 2 unspecified atom stereocenters. The van der Waals surface area contributed by atoms with Crippen molar-refractivity contribution in [3.8, 4) is 0 Å². The Bertz CT molecular complexity index is 580. The van der Waals surface area contributed by atoms with Crippen molar-refractivity contribution in [2.75, 3.05) is 19.6 Å². The molecule has 24 heavy (non-hydrogen) atoms. The summed E-state index contributed by atoms with van der Waals surface area (Å²) in [5, 5.41) is 3.43. The quantitative estimate of drug-likeness (QED) is 0.908. The second-order valence-corrected chi connectivity index (χ2v) is 7.89. The summed E-state index contributed by atoms with van der Waals surface area (Å²) in [4.78, 5) is 15.3. The van der Waals surface area contributed by atoms with Crippen LogP contribution in [0.4, 0.5) is 0 Å². The number of benzene rings is 1. The van der Waals surface area contributed by atoms with Gasteiger partial charge in [0.25, 0.3) is 0 Å². The van der Waals surface area contributed by atoms with E-state index in [-0.39, 0.29) is 12.4 Å². The van der Waals surface area contributed by atoms with E-state index < -0.39 is 0 Å². The van der Waals surface area contributed by atoms with Gasteiger partial charge in [0.05, 0.1) is 0 Å². The van der Waals surface area contributed by atoms with Crippen molar-refractivity contribution in [2.24, 2.45) is 11.3 Å². The van der Waals surface area contributed by atoms with Crippen LogP contribution in [0.3, 0.4) is 0 Å². The number of hydrogen-bond donors (Lipinski definition) is 1. The van der Waals surface area contributed by atoms with Crippen LogP contribution in [0, 0.1) is 18.3 Å². The van der Waals surface area contributed by atoms with Crippen LogP contribution in [0.25, 0.3) is 0 Å². The van der Waals surface area contributed by atoms with Crippen molar-refractivity contribution < 1.29 is 4.79 Å². The first-order valence-electron chi connectivity index (χ1n) is 9.25. The molecule has 1 aromatic carbocycles. The largest absolute Gasteiger partial charge is 0.339 e. The van der Waals surface area contributed by atoms with Crippen LogP contribution >= 0.6 is 12.4 Å². The molecule has 1 N–H and O–H groups in total. The van der Waals surface area contributed by atoms with Gasteiger partial charge in [-0.1, -0.05) is 29.8 Å². The third-order valence-corrected chi connectivity index (χ3v) is 6.34. The van der Waals surface area contributed by atoms with E-state index in [2.05, 4.69) is 41.4 Å². The zero-order valence-electron chi connectivity index (χ0n) is 14.6. The molecule has 2 heterocycles. The lowest BCUT2D eigenvalue weighted by atomic mass is 9.91. The molecular formula is C20H29ClN2O. The predicted molar refractivity (Wildman–Crippen MR) is 99.5 cm³/mol. The topological polar surface area (TPSA) is 32.3 Å². The number of halogens is 1. The van der Waals surface area contributed by atoms with Crippen molar-refractivity contribution >= 4 is 18.3 Å². The molecule has 0 radical (unpaired) electrons. The highest BCUT2D eigenvalue weighted by atomic mass is 35.5. The van der Waals surface area contributed by atoms with Crippen LogP contribution in [0.15, 0.2) is 24.3 Å². The van der Waals surface area contributed by atoms with Gasteiger partial charge in [-0.25, -0.2) is 0 Å². The lowest BCUT2D eigenvalue weighted by molar-refractivity contribution is -0.134. The van der Waals surface area contributed by atoms with Gasteiger partial charge >= 0.3 is 0 Å². The molecule has 132 valence electrons. The zero-order valence-corrected chi connectivity index (χ0v) is 15.4. The van der Waals surface area contributed by atoms with Gasteiger partial charge in [0.15, 0.2) is 0 Å². The Morgan fingerprint density at radius 1 is 1.25 bits per heavy atom. The lowest BCUT2D eigenvalue weighted by Gasteiger charge is -2.28. The molecule has 2 aliphatic heterocycles. The Labute approximate surface area is 151 Å². The molecule has 0 bridgehead atoms. The lowest BCUT2D eigenvalue weighted by Crippen LogP contribution is -2.40. The molecule has 3 aliphatic rings. The molecule has 3 nitrogen and oxygen atoms in total. The van der Waals surface area contributed by atoms with Gasteiger partial charge in [0.1, 0.15) is 0 Å². The Hall–Kier alpha value is -1.06. The Morgan fingerprint density at radius 2 is 1.96 bits per heavy atom. The standard InChI is InChI=1S/C20H28N2O.ClH/c1-15-4-6-16(7-5-15)13-17-3-2-12-22(17)19(23)18-14-20(18)8-10-21-11-9-20;/h4-7,17-18,21H,2-3,8-14H2,1H3;1H. The number of piperidine rings is 1. The van der Waals surface area contributed by atoms with Gasteiger partial charge in [-0.2, -0.15) is 0 Å². The smallest absolute Gasteiger partial charge is 0.226 e. The normalized spacial score (nSPS) is 27.8. The maximum absolute atomic E-state index is 13.0. The van der Waals surface area contributed by atoms with Gasteiger partial charge < -0.3 is 10.2 Å². The number of rotatable bonds is 3. The minimum atomic E-state index is 0. The number of hydrogen-bond acceptors (Lipinski definition) is 2. The summed E-state index contributed by atoms with van der Waals surface area (Å²) in [5.74, 6) is 0.782. The summed E-state index contributed by atoms with van der Waals surface area (Å²) in [6.45, 7) is 5.29. The molecule has 3 fully saturated rings. The van der Waals surface area contributed by atoms with Gasteiger partial charge in [-0.3, -0.25) is 4.79 Å².